The van der Waals surface area contributed by atoms with Crippen molar-refractivity contribution < 1.29 is 4.79 Å². The van der Waals surface area contributed by atoms with E-state index in [1.807, 2.05) is 6.07 Å². The molecule has 18 heavy (non-hydrogen) atoms. The molecule has 0 saturated carbocycles. The molecule has 0 aromatic carbocycles. The highest BCUT2D eigenvalue weighted by molar-refractivity contribution is 5.91. The van der Waals surface area contributed by atoms with Crippen LogP contribution in [0.2, 0.25) is 0 Å². The molecule has 92 valence electrons. The Morgan fingerprint density at radius 3 is 2.89 bits per heavy atom. The Bertz CT molecular complexity index is 607. The standard InChI is InChI=1S/C12H12N4O2/c1-16-11(17)5-4-10(15-16)12(18)14-8-9-3-2-6-13-7-9/h2-7H,8H2,1H3,(H,14,18). The van der Waals surface area contributed by atoms with Crippen molar-refractivity contribution in [2.45, 2.75) is 6.54 Å². The van der Waals surface area contributed by atoms with E-state index in [-0.39, 0.29) is 17.2 Å². The van der Waals surface area contributed by atoms with Crippen LogP contribution in [0.4, 0.5) is 0 Å². The van der Waals surface area contributed by atoms with Gasteiger partial charge in [-0.25, -0.2) is 4.68 Å². The van der Waals surface area contributed by atoms with Gasteiger partial charge in [-0.05, 0) is 17.7 Å². The van der Waals surface area contributed by atoms with Crippen LogP contribution in [0.3, 0.4) is 0 Å². The molecular formula is C12H12N4O2. The number of hydrogen-bond acceptors (Lipinski definition) is 4. The summed E-state index contributed by atoms with van der Waals surface area (Å²) in [4.78, 5) is 26.9. The van der Waals surface area contributed by atoms with Crippen molar-refractivity contribution in [1.82, 2.24) is 20.1 Å². The van der Waals surface area contributed by atoms with Gasteiger partial charge in [-0.3, -0.25) is 14.6 Å². The molecule has 0 aliphatic carbocycles. The maximum Gasteiger partial charge on any atom is 0.271 e. The molecular weight excluding hydrogens is 232 g/mol. The third-order valence-electron chi connectivity index (χ3n) is 2.37. The average molecular weight is 244 g/mol. The quantitative estimate of drug-likeness (QED) is 0.831. The zero-order valence-electron chi connectivity index (χ0n) is 9.83. The number of nitrogens with one attached hydrogen (secondary N) is 1. The van der Waals surface area contributed by atoms with E-state index in [0.29, 0.717) is 6.54 Å². The van der Waals surface area contributed by atoms with Crippen molar-refractivity contribution in [2.75, 3.05) is 0 Å². The minimum absolute atomic E-state index is 0.209. The first kappa shape index (κ1) is 12.0. The fourth-order valence-electron chi connectivity index (χ4n) is 1.40. The Morgan fingerprint density at radius 1 is 1.39 bits per heavy atom. The van der Waals surface area contributed by atoms with E-state index < -0.39 is 0 Å². The molecule has 0 fully saturated rings. The van der Waals surface area contributed by atoms with Crippen molar-refractivity contribution in [3.63, 3.8) is 0 Å². The molecule has 6 nitrogen and oxygen atoms in total. The number of aryl methyl sites for hydroxylation is 1. The summed E-state index contributed by atoms with van der Waals surface area (Å²) in [7, 11) is 1.50. The van der Waals surface area contributed by atoms with Gasteiger partial charge in [0.15, 0.2) is 0 Å². The lowest BCUT2D eigenvalue weighted by molar-refractivity contribution is 0.0943. The zero-order chi connectivity index (χ0) is 13.0. The second-order valence-electron chi connectivity index (χ2n) is 3.72. The van der Waals surface area contributed by atoms with Gasteiger partial charge in [-0.2, -0.15) is 5.10 Å². The van der Waals surface area contributed by atoms with Crippen LogP contribution in [0.25, 0.3) is 0 Å². The average Bonchev–Trinajstić information content (AvgIpc) is 2.40. The van der Waals surface area contributed by atoms with E-state index in [1.54, 1.807) is 18.5 Å². The maximum absolute atomic E-state index is 11.8. The topological polar surface area (TPSA) is 76.9 Å². The van der Waals surface area contributed by atoms with Crippen molar-refractivity contribution in [2.24, 2.45) is 7.05 Å². The Labute approximate surface area is 103 Å². The molecule has 0 atom stereocenters. The van der Waals surface area contributed by atoms with Crippen molar-refractivity contribution in [3.05, 3.63) is 58.3 Å². The largest absolute Gasteiger partial charge is 0.347 e. The summed E-state index contributed by atoms with van der Waals surface area (Å²) in [6, 6.07) is 6.38. The molecule has 2 aromatic heterocycles. The van der Waals surface area contributed by atoms with Crippen molar-refractivity contribution in [1.29, 1.82) is 0 Å². The highest BCUT2D eigenvalue weighted by Gasteiger charge is 2.07. The first-order chi connectivity index (χ1) is 8.66. The Hall–Kier alpha value is -2.50. The third-order valence-corrected chi connectivity index (χ3v) is 2.37. The minimum atomic E-state index is -0.325. The normalized spacial score (nSPS) is 10.1. The van der Waals surface area contributed by atoms with Crippen LogP contribution < -0.4 is 10.9 Å². The molecule has 0 aliphatic heterocycles. The molecule has 0 unspecified atom stereocenters. The van der Waals surface area contributed by atoms with Gasteiger partial charge in [0.25, 0.3) is 11.5 Å². The third kappa shape index (κ3) is 2.79. The summed E-state index contributed by atoms with van der Waals surface area (Å²) in [5, 5.41) is 6.57. The molecule has 2 aromatic rings. The van der Waals surface area contributed by atoms with E-state index in [2.05, 4.69) is 15.4 Å². The van der Waals surface area contributed by atoms with Crippen LogP contribution in [0.1, 0.15) is 16.1 Å². The van der Waals surface area contributed by atoms with Crippen LogP contribution in [-0.2, 0) is 13.6 Å². The number of nitrogens with zero attached hydrogens (tertiary/aromatic N) is 3. The maximum atomic E-state index is 11.8. The Balaban J connectivity index is 2.04. The summed E-state index contributed by atoms with van der Waals surface area (Å²) in [6.07, 6.45) is 3.34. The number of rotatable bonds is 3. The molecule has 0 spiro atoms. The molecule has 0 radical (unpaired) electrons. The second-order valence-corrected chi connectivity index (χ2v) is 3.72. The molecule has 0 aliphatic rings. The van der Waals surface area contributed by atoms with E-state index >= 15 is 0 Å². The molecule has 2 rings (SSSR count). The van der Waals surface area contributed by atoms with Gasteiger partial charge >= 0.3 is 0 Å². The predicted octanol–water partition coefficient (Wildman–Crippen LogP) is 0.105. The van der Waals surface area contributed by atoms with Gasteiger partial charge in [0.05, 0.1) is 0 Å². The highest BCUT2D eigenvalue weighted by atomic mass is 16.2. The van der Waals surface area contributed by atoms with E-state index in [1.165, 1.54) is 19.2 Å². The Kier molecular flexibility index (Phi) is 3.47. The lowest BCUT2D eigenvalue weighted by Crippen LogP contribution is -2.28. The van der Waals surface area contributed by atoms with E-state index in [4.69, 9.17) is 0 Å². The molecule has 0 bridgehead atoms. The van der Waals surface area contributed by atoms with E-state index in [9.17, 15) is 9.59 Å². The number of amides is 1. The zero-order valence-corrected chi connectivity index (χ0v) is 9.83. The number of carbonyl (C=O) groups is 1. The molecule has 6 heteroatoms. The van der Waals surface area contributed by atoms with Gasteiger partial charge in [0.2, 0.25) is 0 Å². The lowest BCUT2D eigenvalue weighted by Gasteiger charge is -2.05. The monoisotopic (exact) mass is 244 g/mol. The van der Waals surface area contributed by atoms with Crippen LogP contribution in [0.5, 0.6) is 0 Å². The van der Waals surface area contributed by atoms with E-state index in [0.717, 1.165) is 10.2 Å². The van der Waals surface area contributed by atoms with Crippen LogP contribution in [-0.4, -0.2) is 20.7 Å². The smallest absolute Gasteiger partial charge is 0.271 e. The fraction of sp³-hybridized carbons (Fsp3) is 0.167. The van der Waals surface area contributed by atoms with Gasteiger partial charge in [-0.15, -0.1) is 0 Å². The van der Waals surface area contributed by atoms with Crippen LogP contribution in [0.15, 0.2) is 41.5 Å². The highest BCUT2D eigenvalue weighted by Crippen LogP contribution is 1.96. The van der Waals surface area contributed by atoms with Gasteiger partial charge < -0.3 is 5.32 Å². The van der Waals surface area contributed by atoms with Gasteiger partial charge in [0.1, 0.15) is 5.69 Å². The number of aromatic nitrogens is 3. The number of carbonyl (C=O) groups excluding carboxylic acids is 1. The van der Waals surface area contributed by atoms with Crippen LogP contribution >= 0.6 is 0 Å². The minimum Gasteiger partial charge on any atom is -0.347 e. The first-order valence-electron chi connectivity index (χ1n) is 5.38. The second kappa shape index (κ2) is 5.22. The fourth-order valence-corrected chi connectivity index (χ4v) is 1.40. The lowest BCUT2D eigenvalue weighted by atomic mass is 10.3. The van der Waals surface area contributed by atoms with Crippen LogP contribution in [0, 0.1) is 0 Å². The summed E-state index contributed by atoms with van der Waals surface area (Å²) in [5.74, 6) is -0.325. The SMILES string of the molecule is Cn1nc(C(=O)NCc2cccnc2)ccc1=O. The summed E-state index contributed by atoms with van der Waals surface area (Å²) >= 11 is 0. The summed E-state index contributed by atoms with van der Waals surface area (Å²) < 4.78 is 1.12. The molecule has 1 N–H and O–H groups in total. The van der Waals surface area contributed by atoms with Gasteiger partial charge in [-0.1, -0.05) is 6.07 Å². The summed E-state index contributed by atoms with van der Waals surface area (Å²) in [5.41, 5.74) is 0.857. The number of hydrogen-bond donors (Lipinski definition) is 1. The van der Waals surface area contributed by atoms with Crippen molar-refractivity contribution >= 4 is 5.91 Å². The molecule has 2 heterocycles. The summed E-state index contributed by atoms with van der Waals surface area (Å²) in [6.45, 7) is 0.372. The number of pyridine rings is 1. The Morgan fingerprint density at radius 2 is 2.22 bits per heavy atom. The van der Waals surface area contributed by atoms with Gasteiger partial charge in [0, 0.05) is 32.1 Å². The van der Waals surface area contributed by atoms with Crippen molar-refractivity contribution in [3.8, 4) is 0 Å². The first-order valence-corrected chi connectivity index (χ1v) is 5.38. The molecule has 1 amide bonds. The predicted molar refractivity (Wildman–Crippen MR) is 64.9 cm³/mol. The molecule has 0 saturated heterocycles.